The van der Waals surface area contributed by atoms with Gasteiger partial charge in [-0.25, -0.2) is 0 Å². The molecule has 4 rings (SSSR count). The van der Waals surface area contributed by atoms with Gasteiger partial charge in [0.1, 0.15) is 0 Å². The lowest BCUT2D eigenvalue weighted by atomic mass is 10.1. The molecule has 1 heterocycles. The number of rotatable bonds is 1. The van der Waals surface area contributed by atoms with Crippen molar-refractivity contribution in [1.82, 2.24) is 0 Å². The van der Waals surface area contributed by atoms with Crippen LogP contribution in [0.3, 0.4) is 0 Å². The molecule has 0 spiro atoms. The van der Waals surface area contributed by atoms with Gasteiger partial charge in [-0.15, -0.1) is 0 Å². The first kappa shape index (κ1) is 15.6. The monoisotopic (exact) mass is 364 g/mol. The smallest absolute Gasteiger partial charge is 0.166 e. The molecule has 0 amide bonds. The number of hydrogen-bond acceptors (Lipinski definition) is 0. The third-order valence-electron chi connectivity index (χ3n) is 4.16. The Morgan fingerprint density at radius 1 is 0.708 bits per heavy atom. The normalized spacial score (nSPS) is 16.3. The molecule has 0 atom stereocenters. The van der Waals surface area contributed by atoms with Crippen LogP contribution in [0.2, 0.25) is 0 Å². The van der Waals surface area contributed by atoms with Crippen LogP contribution in [0.4, 0.5) is 13.2 Å². The average Bonchev–Trinajstić information content (AvgIpc) is 2.86. The molecule has 5 heteroatoms. The maximum Gasteiger partial charge on any atom is 0.416 e. The second-order valence-corrected chi connectivity index (χ2v) is 9.37. The van der Waals surface area contributed by atoms with E-state index in [1.54, 1.807) is 6.07 Å². The Morgan fingerprint density at radius 2 is 1.25 bits per heavy atom. The first-order valence-electron chi connectivity index (χ1n) is 7.31. The van der Waals surface area contributed by atoms with Crippen molar-refractivity contribution in [2.75, 3.05) is 0 Å². The van der Waals surface area contributed by atoms with E-state index in [0.29, 0.717) is 4.90 Å². The van der Waals surface area contributed by atoms with Gasteiger partial charge in [0.2, 0.25) is 0 Å². The molecule has 1 aliphatic heterocycles. The van der Waals surface area contributed by atoms with Gasteiger partial charge in [0.15, 0.2) is 0 Å². The van der Waals surface area contributed by atoms with E-state index >= 15 is 0 Å². The fourth-order valence-electron chi connectivity index (χ4n) is 3.09. The van der Waals surface area contributed by atoms with Crippen LogP contribution in [0.1, 0.15) is 5.56 Å². The van der Waals surface area contributed by atoms with Crippen molar-refractivity contribution >= 4 is 19.9 Å². The highest BCUT2D eigenvalue weighted by molar-refractivity contribution is 8.51. The second-order valence-electron chi connectivity index (χ2n) is 5.56. The van der Waals surface area contributed by atoms with E-state index in [9.17, 15) is 13.2 Å². The van der Waals surface area contributed by atoms with Crippen molar-refractivity contribution in [1.29, 1.82) is 0 Å². The molecule has 122 valence electrons. The Balaban J connectivity index is 2.01. The summed E-state index contributed by atoms with van der Waals surface area (Å²) in [4.78, 5) is 2.30. The van der Waals surface area contributed by atoms with Gasteiger partial charge in [-0.2, -0.15) is 13.2 Å². The lowest BCUT2D eigenvalue weighted by Crippen LogP contribution is -2.05. The number of halogens is 4. The molecule has 0 fully saturated rings. The Bertz CT molecular complexity index is 888. The molecule has 3 aromatic carbocycles. The molecule has 1 aliphatic rings. The summed E-state index contributed by atoms with van der Waals surface area (Å²) in [6, 6.07) is 20.7. The molecule has 0 bridgehead atoms. The summed E-state index contributed by atoms with van der Waals surface area (Å²) in [5.74, 6) is 0. The lowest BCUT2D eigenvalue weighted by Gasteiger charge is -2.31. The maximum absolute atomic E-state index is 13.1. The van der Waals surface area contributed by atoms with Crippen LogP contribution < -0.4 is 0 Å². The Morgan fingerprint density at radius 3 is 1.79 bits per heavy atom. The van der Waals surface area contributed by atoms with Crippen molar-refractivity contribution in [3.8, 4) is 11.1 Å². The molecular formula is C19H12ClF3S. The van der Waals surface area contributed by atoms with Crippen molar-refractivity contribution in [3.63, 3.8) is 0 Å². The fraction of sp³-hybridized carbons (Fsp3) is 0.0526. The van der Waals surface area contributed by atoms with Gasteiger partial charge in [-0.3, -0.25) is 0 Å². The summed E-state index contributed by atoms with van der Waals surface area (Å²) < 4.78 is 39.4. The van der Waals surface area contributed by atoms with E-state index in [4.69, 9.17) is 10.7 Å². The minimum absolute atomic E-state index is 0.511. The third-order valence-corrected chi connectivity index (χ3v) is 8.52. The van der Waals surface area contributed by atoms with E-state index in [2.05, 4.69) is 0 Å². The molecule has 0 saturated heterocycles. The summed E-state index contributed by atoms with van der Waals surface area (Å²) >= 11 is 0. The summed E-state index contributed by atoms with van der Waals surface area (Å²) in [5.41, 5.74) is 1.32. The highest BCUT2D eigenvalue weighted by atomic mass is 35.7. The van der Waals surface area contributed by atoms with Crippen LogP contribution in [-0.4, -0.2) is 0 Å². The average molecular weight is 365 g/mol. The zero-order valence-electron chi connectivity index (χ0n) is 12.3. The minimum atomic E-state index is -4.39. The van der Waals surface area contributed by atoms with Crippen molar-refractivity contribution in [2.45, 2.75) is 20.9 Å². The SMILES string of the molecule is FC(F)(F)c1cccc(S2(Cl)c3ccccc3-c3ccccc32)c1. The van der Waals surface area contributed by atoms with Gasteiger partial charge >= 0.3 is 6.18 Å². The number of benzene rings is 3. The Hall–Kier alpha value is -1.91. The molecule has 0 unspecified atom stereocenters. The number of alkyl halides is 3. The summed E-state index contributed by atoms with van der Waals surface area (Å²) in [7, 11) is 4.88. The van der Waals surface area contributed by atoms with Crippen LogP contribution in [-0.2, 0) is 6.18 Å². The third kappa shape index (κ3) is 2.17. The van der Waals surface area contributed by atoms with Gasteiger partial charge in [-0.05, 0) is 41.5 Å². The highest BCUT2D eigenvalue weighted by Gasteiger charge is 2.40. The van der Waals surface area contributed by atoms with Gasteiger partial charge in [0.05, 0.1) is 5.56 Å². The molecule has 0 aromatic heterocycles. The number of hydrogen-bond donors (Lipinski definition) is 0. The van der Waals surface area contributed by atoms with E-state index in [1.807, 2.05) is 48.5 Å². The Kier molecular flexibility index (Phi) is 3.44. The molecule has 24 heavy (non-hydrogen) atoms. The zero-order valence-corrected chi connectivity index (χ0v) is 13.9. The van der Waals surface area contributed by atoms with Crippen LogP contribution in [0, 0.1) is 0 Å². The van der Waals surface area contributed by atoms with Gasteiger partial charge < -0.3 is 0 Å². The molecule has 0 aliphatic carbocycles. The van der Waals surface area contributed by atoms with Gasteiger partial charge in [0, 0.05) is 14.7 Å². The molecule has 0 radical (unpaired) electrons. The molecule has 0 saturated carbocycles. The largest absolute Gasteiger partial charge is 0.416 e. The van der Waals surface area contributed by atoms with Crippen molar-refractivity contribution in [3.05, 3.63) is 78.4 Å². The summed E-state index contributed by atoms with van der Waals surface area (Å²) in [5, 5.41) is 0. The van der Waals surface area contributed by atoms with E-state index in [1.165, 1.54) is 12.1 Å². The van der Waals surface area contributed by atoms with E-state index in [0.717, 1.165) is 27.0 Å². The summed E-state index contributed by atoms with van der Waals surface area (Å²) in [6.07, 6.45) is -4.39. The van der Waals surface area contributed by atoms with Gasteiger partial charge in [0.25, 0.3) is 0 Å². The molecule has 0 N–H and O–H groups in total. The van der Waals surface area contributed by atoms with E-state index in [-0.39, 0.29) is 0 Å². The first-order valence-corrected chi connectivity index (χ1v) is 9.77. The molecule has 3 aromatic rings. The van der Waals surface area contributed by atoms with Crippen LogP contribution >= 0.6 is 19.9 Å². The van der Waals surface area contributed by atoms with Crippen molar-refractivity contribution in [2.24, 2.45) is 0 Å². The van der Waals surface area contributed by atoms with E-state index < -0.39 is 21.0 Å². The van der Waals surface area contributed by atoms with Gasteiger partial charge in [-0.1, -0.05) is 62.4 Å². The van der Waals surface area contributed by atoms with Crippen LogP contribution in [0.25, 0.3) is 11.1 Å². The maximum atomic E-state index is 13.1. The number of fused-ring (bicyclic) bond motifs is 3. The zero-order chi connectivity index (χ0) is 16.9. The Labute approximate surface area is 143 Å². The molecular weight excluding hydrogens is 353 g/mol. The predicted octanol–water partition coefficient (Wildman–Crippen LogP) is 7.12. The highest BCUT2D eigenvalue weighted by Crippen LogP contribution is 2.79. The minimum Gasteiger partial charge on any atom is -0.166 e. The lowest BCUT2D eigenvalue weighted by molar-refractivity contribution is -0.137. The second kappa shape index (κ2) is 5.30. The molecule has 0 nitrogen and oxygen atoms in total. The topological polar surface area (TPSA) is 0 Å². The van der Waals surface area contributed by atoms with Crippen LogP contribution in [0.5, 0.6) is 0 Å². The first-order chi connectivity index (χ1) is 11.4. The quantitative estimate of drug-likeness (QED) is 0.431. The fourth-order valence-corrected chi connectivity index (χ4v) is 6.98. The predicted molar refractivity (Wildman–Crippen MR) is 91.6 cm³/mol. The summed E-state index contributed by atoms with van der Waals surface area (Å²) in [6.45, 7) is 0. The standard InChI is InChI=1S/C19H12ClF3S/c20-24(14-7-5-6-13(12-14)19(21,22)23)17-10-3-1-8-15(17)16-9-2-4-11-18(16)24/h1-12H. The van der Waals surface area contributed by atoms with Crippen LogP contribution in [0.15, 0.2) is 87.5 Å². The van der Waals surface area contributed by atoms with Crippen molar-refractivity contribution < 1.29 is 13.2 Å².